The quantitative estimate of drug-likeness (QED) is 0.361. The Morgan fingerprint density at radius 3 is 2.51 bits per heavy atom. The number of piperazine rings is 1. The maximum Gasteiger partial charge on any atom is 0.244 e. The van der Waals surface area contributed by atoms with Crippen LogP contribution in [0.1, 0.15) is 12.5 Å². The predicted octanol–water partition coefficient (Wildman–Crippen LogP) is 3.74. The topological polar surface area (TPSA) is 99.9 Å². The Hall–Kier alpha value is -3.54. The molecule has 1 unspecified atom stereocenters. The van der Waals surface area contributed by atoms with Gasteiger partial charge >= 0.3 is 0 Å². The summed E-state index contributed by atoms with van der Waals surface area (Å²) in [7, 11) is -3.34. The van der Waals surface area contributed by atoms with Crippen LogP contribution < -0.4 is 5.32 Å². The molecule has 2 aromatic carbocycles. The smallest absolute Gasteiger partial charge is 0.244 e. The second-order valence-corrected chi connectivity index (χ2v) is 12.0. The van der Waals surface area contributed by atoms with Gasteiger partial charge in [-0.1, -0.05) is 29.8 Å². The molecular weight excluding hydrogens is 543 g/mol. The van der Waals surface area contributed by atoms with Crippen LogP contribution in [0, 0.1) is 5.82 Å². The molecule has 0 saturated carbocycles. The molecule has 3 heterocycles. The second-order valence-electron chi connectivity index (χ2n) is 9.58. The van der Waals surface area contributed by atoms with Crippen LogP contribution in [0.2, 0.25) is 5.02 Å². The van der Waals surface area contributed by atoms with Crippen molar-refractivity contribution in [3.05, 3.63) is 77.5 Å². The number of hydrogen-bond donors (Lipinski definition) is 1. The van der Waals surface area contributed by atoms with Crippen molar-refractivity contribution < 1.29 is 17.6 Å². The number of sulfone groups is 1. The Morgan fingerprint density at radius 1 is 1.13 bits per heavy atom. The first-order valence-corrected chi connectivity index (χ1v) is 14.7. The van der Waals surface area contributed by atoms with E-state index in [0.29, 0.717) is 66.0 Å². The number of anilines is 1. The van der Waals surface area contributed by atoms with Gasteiger partial charge in [0, 0.05) is 67.5 Å². The second kappa shape index (κ2) is 10.9. The molecule has 2 aromatic heterocycles. The average molecular weight is 571 g/mol. The number of nitrogens with one attached hydrogen (secondary N) is 1. The number of aromatic nitrogens is 3. The van der Waals surface area contributed by atoms with Gasteiger partial charge < -0.3 is 10.2 Å². The minimum absolute atomic E-state index is 0.0686. The van der Waals surface area contributed by atoms with E-state index in [1.807, 2.05) is 4.40 Å². The van der Waals surface area contributed by atoms with Crippen LogP contribution in [-0.2, 0) is 21.2 Å². The zero-order valence-corrected chi connectivity index (χ0v) is 23.1. The Labute approximate surface area is 231 Å². The fourth-order valence-corrected chi connectivity index (χ4v) is 5.53. The zero-order chi connectivity index (χ0) is 27.7. The lowest BCUT2D eigenvalue weighted by Gasteiger charge is -2.36. The summed E-state index contributed by atoms with van der Waals surface area (Å²) in [5.41, 5.74) is 2.33. The van der Waals surface area contributed by atoms with Crippen molar-refractivity contribution in [3.8, 4) is 11.3 Å². The predicted molar refractivity (Wildman–Crippen MR) is 148 cm³/mol. The van der Waals surface area contributed by atoms with E-state index < -0.39 is 15.9 Å². The molecular formula is C27H28ClFN6O3S. The van der Waals surface area contributed by atoms with Crippen molar-refractivity contribution in [1.29, 1.82) is 0 Å². The molecule has 0 radical (unpaired) electrons. The van der Waals surface area contributed by atoms with Gasteiger partial charge in [-0.3, -0.25) is 19.1 Å². The number of carbonyl (C=O) groups is 1. The molecule has 4 aromatic rings. The lowest BCUT2D eigenvalue weighted by molar-refractivity contribution is -0.133. The van der Waals surface area contributed by atoms with Crippen LogP contribution in [0.25, 0.3) is 16.9 Å². The molecule has 5 rings (SSSR count). The van der Waals surface area contributed by atoms with E-state index in [4.69, 9.17) is 11.6 Å². The average Bonchev–Trinajstić information content (AvgIpc) is 3.28. The third kappa shape index (κ3) is 5.75. The maximum atomic E-state index is 14.2. The molecule has 1 amide bonds. The van der Waals surface area contributed by atoms with Crippen molar-refractivity contribution in [3.63, 3.8) is 0 Å². The number of rotatable bonds is 7. The Bertz CT molecular complexity index is 1600. The lowest BCUT2D eigenvalue weighted by Crippen LogP contribution is -2.52. The number of imidazole rings is 1. The molecule has 1 saturated heterocycles. The number of amides is 1. The number of fused-ring (bicyclic) bond motifs is 1. The van der Waals surface area contributed by atoms with Crippen LogP contribution in [0.4, 0.5) is 10.2 Å². The Balaban J connectivity index is 1.31. The highest BCUT2D eigenvalue weighted by molar-refractivity contribution is 7.90. The van der Waals surface area contributed by atoms with Gasteiger partial charge in [-0.05, 0) is 31.2 Å². The van der Waals surface area contributed by atoms with Gasteiger partial charge in [0.1, 0.15) is 23.4 Å². The van der Waals surface area contributed by atoms with Crippen molar-refractivity contribution in [2.75, 3.05) is 37.8 Å². The van der Waals surface area contributed by atoms with E-state index >= 15 is 0 Å². The lowest BCUT2D eigenvalue weighted by atomic mass is 10.1. The summed E-state index contributed by atoms with van der Waals surface area (Å²) in [5, 5.41) is 3.72. The van der Waals surface area contributed by atoms with Crippen LogP contribution in [0.5, 0.6) is 0 Å². The van der Waals surface area contributed by atoms with Gasteiger partial charge in [-0.25, -0.2) is 17.8 Å². The highest BCUT2D eigenvalue weighted by atomic mass is 35.5. The molecule has 0 aliphatic carbocycles. The maximum absolute atomic E-state index is 14.2. The number of hydrogen-bond acceptors (Lipinski definition) is 7. The first-order chi connectivity index (χ1) is 18.6. The standard InChI is InChI=1S/C27H28ClFN6O3S/c1-18(27(36)34-14-12-33(13-15-34)17-21-22(28)4-3-5-23(21)29)31-26-25(32-24-16-30-10-11-35(24)26)19-6-8-20(9-7-19)39(2,37)38/h3-11,16,18,31H,12-15,17H2,1-2H3. The van der Waals surface area contributed by atoms with Crippen molar-refractivity contribution in [1.82, 2.24) is 24.2 Å². The van der Waals surface area contributed by atoms with Crippen LogP contribution in [0.3, 0.4) is 0 Å². The van der Waals surface area contributed by atoms with E-state index in [1.165, 1.54) is 6.07 Å². The number of halogens is 2. The van der Waals surface area contributed by atoms with Gasteiger partial charge in [0.25, 0.3) is 0 Å². The summed E-state index contributed by atoms with van der Waals surface area (Å²) in [6.07, 6.45) is 6.16. The summed E-state index contributed by atoms with van der Waals surface area (Å²) in [6, 6.07) is 10.6. The minimum Gasteiger partial charge on any atom is -0.358 e. The largest absolute Gasteiger partial charge is 0.358 e. The summed E-state index contributed by atoms with van der Waals surface area (Å²) in [6.45, 7) is 4.40. The minimum atomic E-state index is -3.34. The van der Waals surface area contributed by atoms with Crippen LogP contribution >= 0.6 is 11.6 Å². The number of benzene rings is 2. The normalized spacial score (nSPS) is 15.4. The molecule has 12 heteroatoms. The molecule has 1 fully saturated rings. The summed E-state index contributed by atoms with van der Waals surface area (Å²) < 4.78 is 39.8. The van der Waals surface area contributed by atoms with Gasteiger partial charge in [-0.2, -0.15) is 0 Å². The molecule has 1 aliphatic rings. The monoisotopic (exact) mass is 570 g/mol. The first-order valence-electron chi connectivity index (χ1n) is 12.4. The van der Waals surface area contributed by atoms with Gasteiger partial charge in [-0.15, -0.1) is 0 Å². The van der Waals surface area contributed by atoms with Gasteiger partial charge in [0.05, 0.1) is 11.1 Å². The molecule has 39 heavy (non-hydrogen) atoms. The number of carbonyl (C=O) groups excluding carboxylic acids is 1. The van der Waals surface area contributed by atoms with Crippen molar-refractivity contribution in [2.24, 2.45) is 0 Å². The van der Waals surface area contributed by atoms with E-state index in [2.05, 4.69) is 20.2 Å². The fourth-order valence-electron chi connectivity index (χ4n) is 4.68. The Morgan fingerprint density at radius 2 is 1.85 bits per heavy atom. The van der Waals surface area contributed by atoms with E-state index in [0.717, 1.165) is 6.26 Å². The van der Waals surface area contributed by atoms with E-state index in [-0.39, 0.29) is 16.6 Å². The van der Waals surface area contributed by atoms with E-state index in [1.54, 1.807) is 66.8 Å². The molecule has 9 nitrogen and oxygen atoms in total. The summed E-state index contributed by atoms with van der Waals surface area (Å²) >= 11 is 6.19. The van der Waals surface area contributed by atoms with Crippen molar-refractivity contribution >= 4 is 38.8 Å². The highest BCUT2D eigenvalue weighted by Crippen LogP contribution is 2.30. The first kappa shape index (κ1) is 27.0. The molecule has 204 valence electrons. The van der Waals surface area contributed by atoms with Crippen molar-refractivity contribution in [2.45, 2.75) is 24.4 Å². The van der Waals surface area contributed by atoms with Gasteiger partial charge in [0.15, 0.2) is 15.5 Å². The SMILES string of the molecule is CC(Nc1c(-c2ccc(S(C)(=O)=O)cc2)nc2cnccn12)C(=O)N1CCN(Cc2c(F)cccc2Cl)CC1. The molecule has 1 aliphatic heterocycles. The highest BCUT2D eigenvalue weighted by Gasteiger charge is 2.27. The van der Waals surface area contributed by atoms with Gasteiger partial charge in [0.2, 0.25) is 5.91 Å². The molecule has 1 N–H and O–H groups in total. The third-order valence-electron chi connectivity index (χ3n) is 6.84. The summed E-state index contributed by atoms with van der Waals surface area (Å²) in [5.74, 6) is 0.206. The summed E-state index contributed by atoms with van der Waals surface area (Å²) in [4.78, 5) is 26.3. The Kier molecular flexibility index (Phi) is 7.57. The molecule has 0 spiro atoms. The number of nitrogens with zero attached hydrogens (tertiary/aromatic N) is 5. The zero-order valence-electron chi connectivity index (χ0n) is 21.5. The molecule has 1 atom stereocenters. The fraction of sp³-hybridized carbons (Fsp3) is 0.296. The molecule has 0 bridgehead atoms. The van der Waals surface area contributed by atoms with E-state index in [9.17, 15) is 17.6 Å². The third-order valence-corrected chi connectivity index (χ3v) is 8.32. The van der Waals surface area contributed by atoms with Crippen LogP contribution in [-0.4, -0.2) is 77.0 Å². The van der Waals surface area contributed by atoms with Crippen LogP contribution in [0.15, 0.2) is 66.0 Å².